The summed E-state index contributed by atoms with van der Waals surface area (Å²) < 4.78 is 7.38. The Morgan fingerprint density at radius 1 is 1.35 bits per heavy atom. The van der Waals surface area contributed by atoms with E-state index in [1.54, 1.807) is 13.4 Å². The Labute approximate surface area is 101 Å². The van der Waals surface area contributed by atoms with Crippen molar-refractivity contribution in [2.45, 2.75) is 13.8 Å². The summed E-state index contributed by atoms with van der Waals surface area (Å²) in [4.78, 5) is 4.22. The molecule has 17 heavy (non-hydrogen) atoms. The van der Waals surface area contributed by atoms with Gasteiger partial charge >= 0.3 is 0 Å². The third-order valence-electron chi connectivity index (χ3n) is 2.55. The van der Waals surface area contributed by atoms with Crippen molar-refractivity contribution in [2.75, 3.05) is 7.11 Å². The summed E-state index contributed by atoms with van der Waals surface area (Å²) in [6.07, 6.45) is 7.83. The summed E-state index contributed by atoms with van der Waals surface area (Å²) in [5.41, 5.74) is 3.12. The van der Waals surface area contributed by atoms with Gasteiger partial charge in [0.1, 0.15) is 5.75 Å². The molecule has 1 aromatic carbocycles. The summed E-state index contributed by atoms with van der Waals surface area (Å²) in [6.45, 7) is 3.97. The Hall–Kier alpha value is -2.03. The number of methoxy groups -OCH3 is 1. The molecule has 0 aliphatic heterocycles. The van der Waals surface area contributed by atoms with E-state index in [-0.39, 0.29) is 0 Å². The second kappa shape index (κ2) is 4.87. The van der Waals surface area contributed by atoms with Crippen LogP contribution in [0.5, 0.6) is 5.75 Å². The zero-order valence-electron chi connectivity index (χ0n) is 10.3. The highest BCUT2D eigenvalue weighted by molar-refractivity contribution is 5.58. The maximum atomic E-state index is 5.41. The lowest BCUT2D eigenvalue weighted by atomic mass is 10.1. The molecule has 0 saturated carbocycles. The zero-order valence-corrected chi connectivity index (χ0v) is 10.3. The average molecular weight is 228 g/mol. The van der Waals surface area contributed by atoms with E-state index < -0.39 is 0 Å². The Kier molecular flexibility index (Phi) is 3.28. The molecule has 3 heteroatoms. The number of benzene rings is 1. The van der Waals surface area contributed by atoms with E-state index >= 15 is 0 Å². The van der Waals surface area contributed by atoms with E-state index in [1.165, 1.54) is 0 Å². The van der Waals surface area contributed by atoms with E-state index in [0.29, 0.717) is 0 Å². The van der Waals surface area contributed by atoms with Crippen molar-refractivity contribution in [3.63, 3.8) is 0 Å². The molecular weight excluding hydrogens is 212 g/mol. The summed E-state index contributed by atoms with van der Waals surface area (Å²) in [7, 11) is 1.68. The third kappa shape index (κ3) is 2.38. The highest BCUT2D eigenvalue weighted by Gasteiger charge is 2.05. The fourth-order valence-corrected chi connectivity index (χ4v) is 1.76. The van der Waals surface area contributed by atoms with Crippen LogP contribution in [0.1, 0.15) is 18.2 Å². The molecule has 0 unspecified atom stereocenters. The maximum Gasteiger partial charge on any atom is 0.143 e. The monoisotopic (exact) mass is 228 g/mol. The largest absolute Gasteiger partial charge is 0.495 e. The fraction of sp³-hybridized carbons (Fsp3) is 0.214. The Morgan fingerprint density at radius 3 is 2.76 bits per heavy atom. The number of ether oxygens (including phenoxy) is 1. The molecule has 88 valence electrons. The van der Waals surface area contributed by atoms with Crippen LogP contribution in [0.15, 0.2) is 36.8 Å². The van der Waals surface area contributed by atoms with Gasteiger partial charge in [-0.2, -0.15) is 0 Å². The molecule has 0 amide bonds. The van der Waals surface area contributed by atoms with E-state index in [0.717, 1.165) is 22.7 Å². The number of nitrogens with zero attached hydrogens (tertiary/aromatic N) is 2. The zero-order chi connectivity index (χ0) is 12.3. The lowest BCUT2D eigenvalue weighted by Gasteiger charge is -2.09. The molecule has 2 aromatic rings. The van der Waals surface area contributed by atoms with Gasteiger partial charge in [-0.1, -0.05) is 18.2 Å². The van der Waals surface area contributed by atoms with Crippen molar-refractivity contribution in [3.05, 3.63) is 48.1 Å². The SMILES string of the molecule is CC=Cc1ccc(-n2cnc(C)c2)c(OC)c1. The van der Waals surface area contributed by atoms with Crippen LogP contribution >= 0.6 is 0 Å². The molecule has 0 saturated heterocycles. The average Bonchev–Trinajstić information content (AvgIpc) is 2.76. The summed E-state index contributed by atoms with van der Waals surface area (Å²) in [5, 5.41) is 0. The van der Waals surface area contributed by atoms with Crippen LogP contribution in [-0.2, 0) is 0 Å². The minimum Gasteiger partial charge on any atom is -0.495 e. The number of imidazole rings is 1. The van der Waals surface area contributed by atoms with Gasteiger partial charge in [0.25, 0.3) is 0 Å². The molecule has 1 heterocycles. The van der Waals surface area contributed by atoms with Crippen molar-refractivity contribution in [3.8, 4) is 11.4 Å². The predicted molar refractivity (Wildman–Crippen MR) is 69.6 cm³/mol. The third-order valence-corrected chi connectivity index (χ3v) is 2.55. The molecule has 3 nitrogen and oxygen atoms in total. The van der Waals surface area contributed by atoms with Gasteiger partial charge in [-0.05, 0) is 31.5 Å². The van der Waals surface area contributed by atoms with Crippen molar-refractivity contribution in [1.82, 2.24) is 9.55 Å². The second-order valence-electron chi connectivity index (χ2n) is 3.85. The predicted octanol–water partition coefficient (Wildman–Crippen LogP) is 3.22. The highest BCUT2D eigenvalue weighted by Crippen LogP contribution is 2.24. The van der Waals surface area contributed by atoms with Crippen molar-refractivity contribution < 1.29 is 4.74 Å². The molecule has 0 atom stereocenters. The van der Waals surface area contributed by atoms with Crippen LogP contribution in [-0.4, -0.2) is 16.7 Å². The maximum absolute atomic E-state index is 5.41. The first-order chi connectivity index (χ1) is 8.24. The van der Waals surface area contributed by atoms with Gasteiger partial charge in [-0.3, -0.25) is 0 Å². The number of aromatic nitrogens is 2. The standard InChI is InChI=1S/C14H16N2O/c1-4-5-12-6-7-13(14(8-12)17-3)16-9-11(2)15-10-16/h4-10H,1-3H3. The molecule has 0 N–H and O–H groups in total. The normalized spacial score (nSPS) is 11.0. The van der Waals surface area contributed by atoms with Crippen LogP contribution < -0.4 is 4.74 Å². The van der Waals surface area contributed by atoms with Crippen LogP contribution in [0.2, 0.25) is 0 Å². The van der Waals surface area contributed by atoms with Gasteiger partial charge in [-0.25, -0.2) is 4.98 Å². The van der Waals surface area contributed by atoms with E-state index in [2.05, 4.69) is 11.1 Å². The van der Waals surface area contributed by atoms with Crippen LogP contribution in [0.3, 0.4) is 0 Å². The lowest BCUT2D eigenvalue weighted by molar-refractivity contribution is 0.413. The van der Waals surface area contributed by atoms with Gasteiger partial charge in [0.05, 0.1) is 24.8 Å². The summed E-state index contributed by atoms with van der Waals surface area (Å²) >= 11 is 0. The highest BCUT2D eigenvalue weighted by atomic mass is 16.5. The van der Waals surface area contributed by atoms with E-state index in [1.807, 2.05) is 48.9 Å². The first-order valence-electron chi connectivity index (χ1n) is 5.56. The van der Waals surface area contributed by atoms with Crippen molar-refractivity contribution in [1.29, 1.82) is 0 Å². The first-order valence-corrected chi connectivity index (χ1v) is 5.56. The summed E-state index contributed by atoms with van der Waals surface area (Å²) in [6, 6.07) is 6.12. The van der Waals surface area contributed by atoms with Crippen molar-refractivity contribution >= 4 is 6.08 Å². The van der Waals surface area contributed by atoms with Gasteiger partial charge in [0, 0.05) is 6.20 Å². The molecule has 0 aliphatic rings. The molecule has 0 radical (unpaired) electrons. The molecule has 0 aliphatic carbocycles. The minimum atomic E-state index is 0.845. The number of aryl methyl sites for hydroxylation is 1. The molecular formula is C14H16N2O. The van der Waals surface area contributed by atoms with Gasteiger partial charge in [0.15, 0.2) is 0 Å². The molecule has 1 aromatic heterocycles. The number of hydrogen-bond donors (Lipinski definition) is 0. The van der Waals surface area contributed by atoms with Crippen molar-refractivity contribution in [2.24, 2.45) is 0 Å². The first kappa shape index (κ1) is 11.5. The van der Waals surface area contributed by atoms with E-state index in [4.69, 9.17) is 4.74 Å². The second-order valence-corrected chi connectivity index (χ2v) is 3.85. The Bertz CT molecular complexity index is 541. The Balaban J connectivity index is 2.47. The molecule has 0 fully saturated rings. The number of hydrogen-bond acceptors (Lipinski definition) is 2. The topological polar surface area (TPSA) is 27.1 Å². The number of allylic oxidation sites excluding steroid dienone is 1. The number of rotatable bonds is 3. The fourth-order valence-electron chi connectivity index (χ4n) is 1.76. The Morgan fingerprint density at radius 2 is 2.18 bits per heavy atom. The van der Waals surface area contributed by atoms with Crippen LogP contribution in [0, 0.1) is 6.92 Å². The lowest BCUT2D eigenvalue weighted by Crippen LogP contribution is -1.95. The van der Waals surface area contributed by atoms with Crippen LogP contribution in [0.4, 0.5) is 0 Å². The summed E-state index contributed by atoms with van der Waals surface area (Å²) in [5.74, 6) is 0.845. The smallest absolute Gasteiger partial charge is 0.143 e. The van der Waals surface area contributed by atoms with Crippen LogP contribution in [0.25, 0.3) is 11.8 Å². The van der Waals surface area contributed by atoms with Gasteiger partial charge in [-0.15, -0.1) is 0 Å². The molecule has 0 bridgehead atoms. The van der Waals surface area contributed by atoms with E-state index in [9.17, 15) is 0 Å². The van der Waals surface area contributed by atoms with Gasteiger partial charge in [0.2, 0.25) is 0 Å². The van der Waals surface area contributed by atoms with Gasteiger partial charge < -0.3 is 9.30 Å². The quantitative estimate of drug-likeness (QED) is 0.806. The molecule has 0 spiro atoms. The minimum absolute atomic E-state index is 0.845. The molecule has 2 rings (SSSR count).